The molecule has 0 radical (unpaired) electrons. The molecule has 0 aliphatic heterocycles. The third-order valence-electron chi connectivity index (χ3n) is 6.09. The minimum absolute atomic E-state index is 0.141. The lowest BCUT2D eigenvalue weighted by Gasteiger charge is -2.29. The standard InChI is InChI=1S/C25H32N6OS/c1-31(2)23-19-8-4-5-9-20(19)28-24(30-23)27-18-14-12-17(13-15-18)16-26-25(32)29-21-10-6-7-11-22(21)33-3/h4-11,17-18H,12-16H2,1-3H3,(H2,26,29,32)(H,27,28,30). The lowest BCUT2D eigenvalue weighted by atomic mass is 9.86. The number of rotatable bonds is 7. The molecule has 0 spiro atoms. The van der Waals surface area contributed by atoms with E-state index in [0.717, 1.165) is 53.0 Å². The van der Waals surface area contributed by atoms with E-state index < -0.39 is 0 Å². The van der Waals surface area contributed by atoms with E-state index in [1.54, 1.807) is 11.8 Å². The number of amides is 2. The third-order valence-corrected chi connectivity index (χ3v) is 6.89. The summed E-state index contributed by atoms with van der Waals surface area (Å²) in [5, 5.41) is 10.6. The molecule has 1 aromatic heterocycles. The third kappa shape index (κ3) is 5.87. The number of nitrogens with zero attached hydrogens (tertiary/aromatic N) is 3. The zero-order valence-corrected chi connectivity index (χ0v) is 20.3. The van der Waals surface area contributed by atoms with E-state index in [2.05, 4.69) is 22.0 Å². The van der Waals surface area contributed by atoms with Crippen LogP contribution in [0.2, 0.25) is 0 Å². The number of thioether (sulfide) groups is 1. The van der Waals surface area contributed by atoms with Crippen molar-refractivity contribution in [2.45, 2.75) is 36.6 Å². The van der Waals surface area contributed by atoms with Gasteiger partial charge in [-0.2, -0.15) is 4.98 Å². The highest BCUT2D eigenvalue weighted by Gasteiger charge is 2.23. The second-order valence-corrected chi connectivity index (χ2v) is 9.53. The van der Waals surface area contributed by atoms with Gasteiger partial charge in [0.2, 0.25) is 5.95 Å². The fraction of sp³-hybridized carbons (Fsp3) is 0.400. The van der Waals surface area contributed by atoms with Crippen molar-refractivity contribution in [1.29, 1.82) is 0 Å². The van der Waals surface area contributed by atoms with Crippen LogP contribution in [0.3, 0.4) is 0 Å². The van der Waals surface area contributed by atoms with Gasteiger partial charge in [-0.05, 0) is 62.1 Å². The highest BCUT2D eigenvalue weighted by molar-refractivity contribution is 7.98. The van der Waals surface area contributed by atoms with Gasteiger partial charge in [-0.1, -0.05) is 24.3 Å². The summed E-state index contributed by atoms with van der Waals surface area (Å²) in [6.07, 6.45) is 6.21. The SMILES string of the molecule is CSc1ccccc1NC(=O)NCC1CCC(Nc2nc(N(C)C)c3ccccc3n2)CC1. The van der Waals surface area contributed by atoms with Crippen molar-refractivity contribution in [3.05, 3.63) is 48.5 Å². The quantitative estimate of drug-likeness (QED) is 0.417. The summed E-state index contributed by atoms with van der Waals surface area (Å²) in [6.45, 7) is 0.692. The van der Waals surface area contributed by atoms with E-state index in [0.29, 0.717) is 24.5 Å². The first-order valence-electron chi connectivity index (χ1n) is 11.4. The van der Waals surface area contributed by atoms with Crippen LogP contribution in [0, 0.1) is 5.92 Å². The Morgan fingerprint density at radius 2 is 1.76 bits per heavy atom. The second kappa shape index (κ2) is 10.7. The molecule has 0 bridgehead atoms. The highest BCUT2D eigenvalue weighted by atomic mass is 32.2. The number of urea groups is 1. The molecule has 1 aliphatic rings. The Hall–Kier alpha value is -3.00. The Balaban J connectivity index is 1.27. The van der Waals surface area contributed by atoms with Crippen molar-refractivity contribution < 1.29 is 4.79 Å². The molecule has 1 aliphatic carbocycles. The number of nitrogens with one attached hydrogen (secondary N) is 3. The van der Waals surface area contributed by atoms with Crippen molar-refractivity contribution in [3.63, 3.8) is 0 Å². The summed E-state index contributed by atoms with van der Waals surface area (Å²) in [6, 6.07) is 16.2. The van der Waals surface area contributed by atoms with Crippen molar-refractivity contribution >= 4 is 46.1 Å². The molecule has 4 rings (SSSR count). The van der Waals surface area contributed by atoms with Crippen LogP contribution >= 0.6 is 11.8 Å². The van der Waals surface area contributed by atoms with Gasteiger partial charge in [-0.3, -0.25) is 0 Å². The Bertz CT molecular complexity index is 1100. The summed E-state index contributed by atoms with van der Waals surface area (Å²) in [4.78, 5) is 24.9. The highest BCUT2D eigenvalue weighted by Crippen LogP contribution is 2.28. The number of para-hydroxylation sites is 2. The van der Waals surface area contributed by atoms with Crippen LogP contribution < -0.4 is 20.9 Å². The van der Waals surface area contributed by atoms with Crippen molar-refractivity contribution in [1.82, 2.24) is 15.3 Å². The Labute approximate surface area is 199 Å². The maximum Gasteiger partial charge on any atom is 0.319 e. The molecule has 8 heteroatoms. The fourth-order valence-electron chi connectivity index (χ4n) is 4.31. The topological polar surface area (TPSA) is 82.2 Å². The lowest BCUT2D eigenvalue weighted by molar-refractivity contribution is 0.246. The van der Waals surface area contributed by atoms with E-state index >= 15 is 0 Å². The van der Waals surface area contributed by atoms with Gasteiger partial charge in [0.25, 0.3) is 0 Å². The first-order valence-corrected chi connectivity index (χ1v) is 12.6. The van der Waals surface area contributed by atoms with Crippen molar-refractivity contribution in [2.75, 3.05) is 42.4 Å². The van der Waals surface area contributed by atoms with Crippen molar-refractivity contribution in [3.8, 4) is 0 Å². The van der Waals surface area contributed by atoms with Crippen LogP contribution in [-0.4, -0.2) is 48.9 Å². The first-order chi connectivity index (χ1) is 16.0. The van der Waals surface area contributed by atoms with Crippen LogP contribution in [-0.2, 0) is 0 Å². The molecule has 7 nitrogen and oxygen atoms in total. The molecular weight excluding hydrogens is 432 g/mol. The number of hydrogen-bond acceptors (Lipinski definition) is 6. The van der Waals surface area contributed by atoms with Crippen molar-refractivity contribution in [2.24, 2.45) is 5.92 Å². The van der Waals surface area contributed by atoms with Crippen LogP contribution in [0.4, 0.5) is 22.2 Å². The van der Waals surface area contributed by atoms with Crippen LogP contribution in [0.1, 0.15) is 25.7 Å². The average Bonchev–Trinajstić information content (AvgIpc) is 2.83. The molecule has 174 valence electrons. The number of carbonyl (C=O) groups is 1. The summed E-state index contributed by atoms with van der Waals surface area (Å²) < 4.78 is 0. The molecule has 3 aromatic rings. The molecule has 0 atom stereocenters. The van der Waals surface area contributed by atoms with E-state index in [1.807, 2.05) is 67.7 Å². The van der Waals surface area contributed by atoms with E-state index in [1.165, 1.54) is 0 Å². The Morgan fingerprint density at radius 1 is 1.03 bits per heavy atom. The van der Waals surface area contributed by atoms with Gasteiger partial charge in [0.05, 0.1) is 11.2 Å². The predicted molar refractivity (Wildman–Crippen MR) is 138 cm³/mol. The minimum atomic E-state index is -0.141. The van der Waals surface area contributed by atoms with E-state index in [9.17, 15) is 4.79 Å². The Morgan fingerprint density at radius 3 is 2.52 bits per heavy atom. The molecule has 1 heterocycles. The lowest BCUT2D eigenvalue weighted by Crippen LogP contribution is -2.36. The fourth-order valence-corrected chi connectivity index (χ4v) is 4.86. The zero-order valence-electron chi connectivity index (χ0n) is 19.5. The number of benzene rings is 2. The molecule has 0 saturated heterocycles. The van der Waals surface area contributed by atoms with Gasteiger partial charge in [0.15, 0.2) is 0 Å². The summed E-state index contributed by atoms with van der Waals surface area (Å²) in [7, 11) is 4.01. The predicted octanol–water partition coefficient (Wildman–Crippen LogP) is 5.21. The van der Waals surface area contributed by atoms with E-state index in [-0.39, 0.29) is 6.03 Å². The Kier molecular flexibility index (Phi) is 7.54. The van der Waals surface area contributed by atoms with Crippen LogP contribution in [0.15, 0.2) is 53.4 Å². The number of aromatic nitrogens is 2. The number of carbonyl (C=O) groups excluding carboxylic acids is 1. The van der Waals surface area contributed by atoms with Gasteiger partial charge >= 0.3 is 6.03 Å². The smallest absolute Gasteiger partial charge is 0.319 e. The molecular formula is C25H32N6OS. The molecule has 2 aromatic carbocycles. The summed E-state index contributed by atoms with van der Waals surface area (Å²) in [5.74, 6) is 2.10. The van der Waals surface area contributed by atoms with Gasteiger partial charge < -0.3 is 20.9 Å². The largest absolute Gasteiger partial charge is 0.362 e. The molecule has 1 fully saturated rings. The van der Waals surface area contributed by atoms with Gasteiger partial charge in [0.1, 0.15) is 5.82 Å². The number of hydrogen-bond donors (Lipinski definition) is 3. The van der Waals surface area contributed by atoms with Gasteiger partial charge in [0, 0.05) is 37.0 Å². The normalized spacial score (nSPS) is 18.0. The molecule has 33 heavy (non-hydrogen) atoms. The average molecular weight is 465 g/mol. The minimum Gasteiger partial charge on any atom is -0.362 e. The molecule has 2 amide bonds. The maximum atomic E-state index is 12.4. The summed E-state index contributed by atoms with van der Waals surface area (Å²) in [5.41, 5.74) is 1.80. The van der Waals surface area contributed by atoms with E-state index in [4.69, 9.17) is 9.97 Å². The van der Waals surface area contributed by atoms with Crippen LogP contribution in [0.5, 0.6) is 0 Å². The molecule has 3 N–H and O–H groups in total. The monoisotopic (exact) mass is 464 g/mol. The van der Waals surface area contributed by atoms with Gasteiger partial charge in [-0.25, -0.2) is 9.78 Å². The van der Waals surface area contributed by atoms with Crippen LogP contribution in [0.25, 0.3) is 10.9 Å². The molecule has 0 unspecified atom stereocenters. The zero-order chi connectivity index (χ0) is 23.2. The molecule has 1 saturated carbocycles. The maximum absolute atomic E-state index is 12.4. The second-order valence-electron chi connectivity index (χ2n) is 8.68. The first kappa shape index (κ1) is 23.2. The van der Waals surface area contributed by atoms with Gasteiger partial charge in [-0.15, -0.1) is 11.8 Å². The summed E-state index contributed by atoms with van der Waals surface area (Å²) >= 11 is 1.62. The number of anilines is 3. The number of fused-ring (bicyclic) bond motifs is 1.